The number of rotatable bonds is 9. The predicted molar refractivity (Wildman–Crippen MR) is 132 cm³/mol. The van der Waals surface area contributed by atoms with Crippen LogP contribution >= 0.6 is 0 Å². The van der Waals surface area contributed by atoms with Crippen molar-refractivity contribution in [1.29, 1.82) is 0 Å². The zero-order chi connectivity index (χ0) is 25.0. The Kier molecular flexibility index (Phi) is 6.94. The van der Waals surface area contributed by atoms with E-state index in [0.29, 0.717) is 23.3 Å². The summed E-state index contributed by atoms with van der Waals surface area (Å²) in [5, 5.41) is 11.7. The molecule has 0 saturated carbocycles. The first-order valence-electron chi connectivity index (χ1n) is 10.8. The highest BCUT2D eigenvalue weighted by atomic mass is 32.2. The second kappa shape index (κ2) is 10.1. The molecule has 0 aliphatic rings. The molecule has 0 atom stereocenters. The molecule has 4 aromatic rings. The molecule has 0 radical (unpaired) electrons. The Morgan fingerprint density at radius 3 is 2.34 bits per heavy atom. The van der Waals surface area contributed by atoms with Gasteiger partial charge in [-0.2, -0.15) is 4.31 Å². The summed E-state index contributed by atoms with van der Waals surface area (Å²) in [6.45, 7) is 2.17. The summed E-state index contributed by atoms with van der Waals surface area (Å²) >= 11 is 0. The highest BCUT2D eigenvalue weighted by Crippen LogP contribution is 2.24. The first kappa shape index (κ1) is 24.1. The molecule has 0 amide bonds. The van der Waals surface area contributed by atoms with Gasteiger partial charge in [0.15, 0.2) is 0 Å². The van der Waals surface area contributed by atoms with Crippen LogP contribution in [0.4, 0.5) is 5.69 Å². The standard InChI is InChI=1S/C25H23N3O6S/c1-2-34-22-10-13-24-19(15-22)14-20(25(29)26-24)17-27(16-18-6-4-3-5-7-18)35(32,33)23-11-8-21(9-12-23)28(30)31/h3-15H,2,16-17H2,1H3,(H,26,29). The Morgan fingerprint density at radius 2 is 1.69 bits per heavy atom. The zero-order valence-corrected chi connectivity index (χ0v) is 19.7. The van der Waals surface area contributed by atoms with Crippen LogP contribution in [0.15, 0.2) is 88.6 Å². The van der Waals surface area contributed by atoms with E-state index in [2.05, 4.69) is 4.98 Å². The summed E-state index contributed by atoms with van der Waals surface area (Å²) in [7, 11) is -4.09. The summed E-state index contributed by atoms with van der Waals surface area (Å²) in [4.78, 5) is 25.9. The predicted octanol–water partition coefficient (Wildman–Crippen LogP) is 4.23. The third-order valence-corrected chi connectivity index (χ3v) is 7.24. The largest absolute Gasteiger partial charge is 0.494 e. The van der Waals surface area contributed by atoms with Crippen LogP contribution in [-0.2, 0) is 23.1 Å². The van der Waals surface area contributed by atoms with Gasteiger partial charge in [-0.25, -0.2) is 8.42 Å². The molecular weight excluding hydrogens is 470 g/mol. The number of hydrogen-bond donors (Lipinski definition) is 1. The van der Waals surface area contributed by atoms with Gasteiger partial charge in [-0.1, -0.05) is 30.3 Å². The SMILES string of the molecule is CCOc1ccc2[nH]c(=O)c(CN(Cc3ccccc3)S(=O)(=O)c3ccc([N+](=O)[O-])cc3)cc2c1. The lowest BCUT2D eigenvalue weighted by atomic mass is 10.1. The van der Waals surface area contributed by atoms with Crippen LogP contribution in [0.2, 0.25) is 0 Å². The first-order chi connectivity index (χ1) is 16.8. The van der Waals surface area contributed by atoms with Crippen molar-refractivity contribution in [2.45, 2.75) is 24.9 Å². The Hall–Kier alpha value is -4.02. The number of H-pyrrole nitrogens is 1. The number of nitro groups is 1. The molecule has 0 unspecified atom stereocenters. The maximum atomic E-state index is 13.6. The van der Waals surface area contributed by atoms with Gasteiger partial charge in [0, 0.05) is 41.7 Å². The lowest BCUT2D eigenvalue weighted by Gasteiger charge is -2.22. The Balaban J connectivity index is 1.75. The summed E-state index contributed by atoms with van der Waals surface area (Å²) < 4.78 is 33.8. The first-order valence-corrected chi connectivity index (χ1v) is 12.3. The number of pyridine rings is 1. The zero-order valence-electron chi connectivity index (χ0n) is 18.9. The van der Waals surface area contributed by atoms with Crippen LogP contribution in [0.25, 0.3) is 10.9 Å². The van der Waals surface area contributed by atoms with Crippen LogP contribution in [0, 0.1) is 10.1 Å². The van der Waals surface area contributed by atoms with Crippen LogP contribution in [0.1, 0.15) is 18.1 Å². The molecule has 1 aromatic heterocycles. The van der Waals surface area contributed by atoms with Crippen molar-refractivity contribution in [3.05, 3.63) is 110 Å². The van der Waals surface area contributed by atoms with Crippen molar-refractivity contribution in [3.8, 4) is 5.75 Å². The number of fused-ring (bicyclic) bond motifs is 1. The number of nitrogens with one attached hydrogen (secondary N) is 1. The Labute approximate surface area is 201 Å². The molecular formula is C25H23N3O6S. The minimum Gasteiger partial charge on any atom is -0.494 e. The number of nitrogens with zero attached hydrogens (tertiary/aromatic N) is 2. The minimum atomic E-state index is -4.09. The number of aromatic amines is 1. The average molecular weight is 494 g/mol. The second-order valence-electron chi connectivity index (χ2n) is 7.82. The number of hydrogen-bond acceptors (Lipinski definition) is 6. The average Bonchev–Trinajstić information content (AvgIpc) is 2.85. The van der Waals surface area contributed by atoms with Crippen LogP contribution in [0.3, 0.4) is 0 Å². The van der Waals surface area contributed by atoms with Crippen molar-refractivity contribution in [2.24, 2.45) is 0 Å². The molecule has 4 rings (SSSR count). The normalized spacial score (nSPS) is 11.6. The van der Waals surface area contributed by atoms with Crippen molar-refractivity contribution in [3.63, 3.8) is 0 Å². The smallest absolute Gasteiger partial charge is 0.269 e. The number of benzene rings is 3. The summed E-state index contributed by atoms with van der Waals surface area (Å²) in [6.07, 6.45) is 0. The van der Waals surface area contributed by atoms with Crippen molar-refractivity contribution in [2.75, 3.05) is 6.61 Å². The topological polar surface area (TPSA) is 123 Å². The molecule has 0 spiro atoms. The maximum absolute atomic E-state index is 13.6. The minimum absolute atomic E-state index is 0.0105. The van der Waals surface area contributed by atoms with Gasteiger partial charge in [-0.15, -0.1) is 0 Å². The van der Waals surface area contributed by atoms with Crippen LogP contribution in [-0.4, -0.2) is 29.2 Å². The van der Waals surface area contributed by atoms with E-state index < -0.39 is 20.5 Å². The monoisotopic (exact) mass is 493 g/mol. The third kappa shape index (κ3) is 5.39. The molecule has 0 bridgehead atoms. The maximum Gasteiger partial charge on any atom is 0.269 e. The summed E-state index contributed by atoms with van der Waals surface area (Å²) in [6, 6.07) is 20.6. The molecule has 35 heavy (non-hydrogen) atoms. The van der Waals surface area contributed by atoms with E-state index in [1.54, 1.807) is 48.5 Å². The van der Waals surface area contributed by atoms with Gasteiger partial charge in [-0.05, 0) is 48.9 Å². The lowest BCUT2D eigenvalue weighted by molar-refractivity contribution is -0.384. The van der Waals surface area contributed by atoms with Gasteiger partial charge in [0.2, 0.25) is 10.0 Å². The van der Waals surface area contributed by atoms with Crippen molar-refractivity contribution in [1.82, 2.24) is 9.29 Å². The summed E-state index contributed by atoms with van der Waals surface area (Å²) in [5.74, 6) is 0.637. The number of sulfonamides is 1. The number of non-ortho nitro benzene ring substituents is 1. The molecule has 0 saturated heterocycles. The van der Waals surface area contributed by atoms with Gasteiger partial charge in [-0.3, -0.25) is 14.9 Å². The fraction of sp³-hybridized carbons (Fsp3) is 0.160. The molecule has 0 aliphatic heterocycles. The van der Waals surface area contributed by atoms with E-state index in [1.807, 2.05) is 13.0 Å². The van der Waals surface area contributed by atoms with Crippen molar-refractivity contribution >= 4 is 26.6 Å². The molecule has 0 aliphatic carbocycles. The molecule has 180 valence electrons. The molecule has 1 heterocycles. The molecule has 0 fully saturated rings. The molecule has 1 N–H and O–H groups in total. The van der Waals surface area contributed by atoms with Gasteiger partial charge in [0.25, 0.3) is 11.2 Å². The quantitative estimate of drug-likeness (QED) is 0.275. The van der Waals surface area contributed by atoms with E-state index in [1.165, 1.54) is 16.4 Å². The number of nitro benzene ring substituents is 1. The highest BCUT2D eigenvalue weighted by molar-refractivity contribution is 7.89. The number of aromatic nitrogens is 1. The van der Waals surface area contributed by atoms with Crippen molar-refractivity contribution < 1.29 is 18.1 Å². The fourth-order valence-electron chi connectivity index (χ4n) is 3.70. The lowest BCUT2D eigenvalue weighted by Crippen LogP contribution is -2.32. The van der Waals surface area contributed by atoms with E-state index in [-0.39, 0.29) is 29.2 Å². The van der Waals surface area contributed by atoms with E-state index >= 15 is 0 Å². The van der Waals surface area contributed by atoms with Crippen LogP contribution in [0.5, 0.6) is 5.75 Å². The fourth-order valence-corrected chi connectivity index (χ4v) is 5.10. The van der Waals surface area contributed by atoms with Gasteiger partial charge in [0.05, 0.1) is 16.4 Å². The van der Waals surface area contributed by atoms with Gasteiger partial charge in [0.1, 0.15) is 5.75 Å². The summed E-state index contributed by atoms with van der Waals surface area (Å²) in [5.41, 5.74) is 0.977. The molecule has 10 heteroatoms. The Bertz CT molecular complexity index is 1520. The third-order valence-electron chi connectivity index (χ3n) is 5.44. The van der Waals surface area contributed by atoms with E-state index in [9.17, 15) is 23.3 Å². The second-order valence-corrected chi connectivity index (χ2v) is 9.75. The van der Waals surface area contributed by atoms with E-state index in [0.717, 1.165) is 17.7 Å². The molecule has 3 aromatic carbocycles. The van der Waals surface area contributed by atoms with E-state index in [4.69, 9.17) is 4.74 Å². The molecule has 9 nitrogen and oxygen atoms in total. The van der Waals surface area contributed by atoms with Crippen LogP contribution < -0.4 is 10.3 Å². The highest BCUT2D eigenvalue weighted by Gasteiger charge is 2.26. The van der Waals surface area contributed by atoms with Gasteiger partial charge < -0.3 is 9.72 Å². The van der Waals surface area contributed by atoms with Gasteiger partial charge >= 0.3 is 0 Å². The number of ether oxygens (including phenoxy) is 1. The Morgan fingerprint density at radius 1 is 0.971 bits per heavy atom.